The van der Waals surface area contributed by atoms with Gasteiger partial charge < -0.3 is 4.74 Å². The Kier molecular flexibility index (Phi) is 3.18. The third-order valence-corrected chi connectivity index (χ3v) is 3.95. The van der Waals surface area contributed by atoms with Crippen LogP contribution in [0.15, 0.2) is 22.9 Å². The first-order chi connectivity index (χ1) is 7.31. The van der Waals surface area contributed by atoms with Crippen LogP contribution >= 0.6 is 22.7 Å². The second-order valence-corrected chi connectivity index (χ2v) is 4.72. The molecule has 0 radical (unpaired) electrons. The van der Waals surface area contributed by atoms with Crippen LogP contribution in [0.3, 0.4) is 0 Å². The van der Waals surface area contributed by atoms with Crippen molar-refractivity contribution in [2.24, 2.45) is 0 Å². The van der Waals surface area contributed by atoms with Crippen LogP contribution in [-0.2, 0) is 9.53 Å². The van der Waals surface area contributed by atoms with Crippen molar-refractivity contribution in [2.75, 3.05) is 6.61 Å². The lowest BCUT2D eigenvalue weighted by Crippen LogP contribution is -1.98. The van der Waals surface area contributed by atoms with Crippen molar-refractivity contribution in [3.63, 3.8) is 0 Å². The van der Waals surface area contributed by atoms with E-state index in [1.165, 1.54) is 15.5 Å². The predicted molar refractivity (Wildman–Crippen MR) is 65.4 cm³/mol. The summed E-state index contributed by atoms with van der Waals surface area (Å²) in [5, 5.41) is 4.11. The van der Waals surface area contributed by atoms with Gasteiger partial charge in [0.25, 0.3) is 0 Å². The van der Waals surface area contributed by atoms with Crippen molar-refractivity contribution in [3.8, 4) is 0 Å². The molecule has 4 heteroatoms. The molecule has 15 heavy (non-hydrogen) atoms. The van der Waals surface area contributed by atoms with Crippen molar-refractivity contribution in [1.29, 1.82) is 0 Å². The van der Waals surface area contributed by atoms with Crippen molar-refractivity contribution >= 4 is 44.1 Å². The van der Waals surface area contributed by atoms with Gasteiger partial charge in [-0.25, -0.2) is 4.79 Å². The van der Waals surface area contributed by atoms with Gasteiger partial charge in [-0.2, -0.15) is 0 Å². The van der Waals surface area contributed by atoms with Gasteiger partial charge in [0.05, 0.1) is 11.3 Å². The van der Waals surface area contributed by atoms with Gasteiger partial charge in [-0.15, -0.1) is 22.7 Å². The number of esters is 1. The van der Waals surface area contributed by atoms with E-state index in [-0.39, 0.29) is 5.97 Å². The predicted octanol–water partition coefficient (Wildman–Crippen LogP) is 3.54. The van der Waals surface area contributed by atoms with E-state index >= 15 is 0 Å². The molecule has 0 aromatic carbocycles. The number of hydrogen-bond donors (Lipinski definition) is 0. The lowest BCUT2D eigenvalue weighted by Gasteiger charge is -1.93. The van der Waals surface area contributed by atoms with Crippen LogP contribution in [0, 0.1) is 0 Å². The Morgan fingerprint density at radius 2 is 2.40 bits per heavy atom. The number of ether oxygens (including phenoxy) is 1. The fraction of sp³-hybridized carbons (Fsp3) is 0.182. The summed E-state index contributed by atoms with van der Waals surface area (Å²) in [6.45, 7) is 2.22. The first-order valence-corrected chi connectivity index (χ1v) is 6.36. The number of thiophene rings is 2. The minimum absolute atomic E-state index is 0.284. The highest BCUT2D eigenvalue weighted by Crippen LogP contribution is 2.31. The van der Waals surface area contributed by atoms with Gasteiger partial charge in [0, 0.05) is 21.7 Å². The number of fused-ring (bicyclic) bond motifs is 1. The maximum absolute atomic E-state index is 11.1. The number of carbonyl (C=O) groups excluding carboxylic acids is 1. The molecule has 0 aliphatic heterocycles. The van der Waals surface area contributed by atoms with Crippen LogP contribution < -0.4 is 0 Å². The van der Waals surface area contributed by atoms with Gasteiger partial charge in [-0.05, 0) is 24.4 Å². The van der Waals surface area contributed by atoms with Crippen molar-refractivity contribution in [1.82, 2.24) is 0 Å². The average Bonchev–Trinajstić information content (AvgIpc) is 2.77. The van der Waals surface area contributed by atoms with Crippen LogP contribution in [0.4, 0.5) is 0 Å². The van der Waals surface area contributed by atoms with Gasteiger partial charge in [0.1, 0.15) is 0 Å². The highest BCUT2D eigenvalue weighted by molar-refractivity contribution is 7.26. The van der Waals surface area contributed by atoms with Crippen molar-refractivity contribution in [2.45, 2.75) is 6.92 Å². The first kappa shape index (κ1) is 10.4. The third-order valence-electron chi connectivity index (χ3n) is 1.89. The molecule has 78 valence electrons. The van der Waals surface area contributed by atoms with E-state index in [9.17, 15) is 4.79 Å². The summed E-state index contributed by atoms with van der Waals surface area (Å²) >= 11 is 3.39. The van der Waals surface area contributed by atoms with Gasteiger partial charge in [-0.3, -0.25) is 0 Å². The fourth-order valence-electron chi connectivity index (χ4n) is 1.24. The number of carbonyl (C=O) groups is 1. The van der Waals surface area contributed by atoms with Crippen LogP contribution in [-0.4, -0.2) is 12.6 Å². The molecule has 0 spiro atoms. The topological polar surface area (TPSA) is 26.3 Å². The smallest absolute Gasteiger partial charge is 0.330 e. The molecule has 2 aromatic rings. The summed E-state index contributed by atoms with van der Waals surface area (Å²) < 4.78 is 7.32. The minimum atomic E-state index is -0.284. The number of hydrogen-bond acceptors (Lipinski definition) is 4. The van der Waals surface area contributed by atoms with E-state index in [1.807, 2.05) is 6.08 Å². The second kappa shape index (κ2) is 4.59. The van der Waals surface area contributed by atoms with Crippen LogP contribution in [0.5, 0.6) is 0 Å². The first-order valence-electron chi connectivity index (χ1n) is 4.61. The fourth-order valence-corrected chi connectivity index (χ4v) is 3.30. The zero-order valence-electron chi connectivity index (χ0n) is 8.23. The second-order valence-electron chi connectivity index (χ2n) is 2.89. The van der Waals surface area contributed by atoms with Crippen molar-refractivity contribution in [3.05, 3.63) is 28.5 Å². The molecule has 2 rings (SSSR count). The highest BCUT2D eigenvalue weighted by atomic mass is 32.1. The molecule has 0 bridgehead atoms. The Morgan fingerprint density at radius 3 is 3.20 bits per heavy atom. The van der Waals surface area contributed by atoms with E-state index < -0.39 is 0 Å². The summed E-state index contributed by atoms with van der Waals surface area (Å²) in [5.74, 6) is -0.284. The molecule has 2 nitrogen and oxygen atoms in total. The Morgan fingerprint density at radius 1 is 1.53 bits per heavy atom. The van der Waals surface area contributed by atoms with Gasteiger partial charge in [0.2, 0.25) is 0 Å². The summed E-state index contributed by atoms with van der Waals surface area (Å²) in [6.07, 6.45) is 3.29. The molecule has 2 aromatic heterocycles. The molecule has 0 aliphatic carbocycles. The van der Waals surface area contributed by atoms with E-state index in [4.69, 9.17) is 4.74 Å². The molecule has 0 fully saturated rings. The zero-order chi connectivity index (χ0) is 10.7. The molecule has 2 heterocycles. The largest absolute Gasteiger partial charge is 0.463 e. The normalized spacial score (nSPS) is 11.3. The molecule has 0 unspecified atom stereocenters. The van der Waals surface area contributed by atoms with Crippen molar-refractivity contribution < 1.29 is 9.53 Å². The SMILES string of the molecule is CCOC(=O)C=Cc1csc2ccsc12. The van der Waals surface area contributed by atoms with E-state index in [0.29, 0.717) is 6.61 Å². The monoisotopic (exact) mass is 238 g/mol. The maximum Gasteiger partial charge on any atom is 0.330 e. The maximum atomic E-state index is 11.1. The molecule has 0 atom stereocenters. The molecular weight excluding hydrogens is 228 g/mol. The van der Waals surface area contributed by atoms with Gasteiger partial charge in [-0.1, -0.05) is 0 Å². The number of rotatable bonds is 3. The molecule has 0 amide bonds. The quantitative estimate of drug-likeness (QED) is 0.604. The average molecular weight is 238 g/mol. The summed E-state index contributed by atoms with van der Waals surface area (Å²) in [6, 6.07) is 2.09. The summed E-state index contributed by atoms with van der Waals surface area (Å²) in [4.78, 5) is 11.1. The van der Waals surface area contributed by atoms with Crippen LogP contribution in [0.1, 0.15) is 12.5 Å². The Balaban J connectivity index is 2.18. The van der Waals surface area contributed by atoms with Gasteiger partial charge in [0.15, 0.2) is 0 Å². The zero-order valence-corrected chi connectivity index (χ0v) is 9.86. The Hall–Kier alpha value is -1.13. The molecule has 0 saturated heterocycles. The van der Waals surface area contributed by atoms with Crippen LogP contribution in [0.2, 0.25) is 0 Å². The van der Waals surface area contributed by atoms with E-state index in [0.717, 1.165) is 5.56 Å². The Bertz CT molecular complexity index is 493. The summed E-state index contributed by atoms with van der Waals surface area (Å²) in [7, 11) is 0. The standard InChI is InChI=1S/C11H10O2S2/c1-2-13-10(12)4-3-8-7-15-9-5-6-14-11(8)9/h3-7H,2H2,1H3. The molecule has 0 N–H and O–H groups in total. The minimum Gasteiger partial charge on any atom is -0.463 e. The molecular formula is C11H10O2S2. The lowest BCUT2D eigenvalue weighted by atomic mass is 10.3. The van der Waals surface area contributed by atoms with E-state index in [2.05, 4.69) is 16.8 Å². The van der Waals surface area contributed by atoms with Crippen LogP contribution in [0.25, 0.3) is 15.5 Å². The highest BCUT2D eigenvalue weighted by Gasteiger charge is 2.02. The van der Waals surface area contributed by atoms with E-state index in [1.54, 1.807) is 29.6 Å². The lowest BCUT2D eigenvalue weighted by molar-refractivity contribution is -0.137. The summed E-state index contributed by atoms with van der Waals surface area (Å²) in [5.41, 5.74) is 1.10. The third kappa shape index (κ3) is 2.27. The van der Waals surface area contributed by atoms with Gasteiger partial charge >= 0.3 is 5.97 Å². The Labute approximate surface area is 95.8 Å². The molecule has 0 aliphatic rings. The molecule has 0 saturated carbocycles.